The van der Waals surface area contributed by atoms with Crippen LogP contribution in [-0.4, -0.2) is 10.1 Å². The van der Waals surface area contributed by atoms with E-state index in [2.05, 4.69) is 42.2 Å². The molecule has 102 valence electrons. The number of nitrogens with zero attached hydrogens (tertiary/aromatic N) is 2. The lowest BCUT2D eigenvalue weighted by atomic mass is 10.00. The maximum atomic E-state index is 6.11. The van der Waals surface area contributed by atoms with E-state index in [-0.39, 0.29) is 0 Å². The molecule has 0 spiro atoms. The zero-order valence-corrected chi connectivity index (χ0v) is 12.0. The first-order valence-electron chi connectivity index (χ1n) is 6.60. The molecular formula is C15H21N3O. The van der Waals surface area contributed by atoms with Crippen LogP contribution in [0.2, 0.25) is 0 Å². The van der Waals surface area contributed by atoms with E-state index in [0.29, 0.717) is 18.1 Å². The van der Waals surface area contributed by atoms with Crippen molar-refractivity contribution in [3.8, 4) is 0 Å². The van der Waals surface area contributed by atoms with Gasteiger partial charge in [0.1, 0.15) is 0 Å². The number of aromatic nitrogens is 2. The first kappa shape index (κ1) is 13.7. The summed E-state index contributed by atoms with van der Waals surface area (Å²) in [5.41, 5.74) is 9.27. The van der Waals surface area contributed by atoms with E-state index in [4.69, 9.17) is 10.3 Å². The monoisotopic (exact) mass is 259 g/mol. The third-order valence-electron chi connectivity index (χ3n) is 3.56. The lowest BCUT2D eigenvalue weighted by Gasteiger charge is -2.16. The van der Waals surface area contributed by atoms with Crippen LogP contribution in [0.5, 0.6) is 0 Å². The van der Waals surface area contributed by atoms with E-state index in [0.717, 1.165) is 6.42 Å². The normalized spacial score (nSPS) is 14.4. The summed E-state index contributed by atoms with van der Waals surface area (Å²) in [7, 11) is 0. The largest absolute Gasteiger partial charge is 0.339 e. The van der Waals surface area contributed by atoms with Crippen LogP contribution in [0.15, 0.2) is 22.7 Å². The summed E-state index contributed by atoms with van der Waals surface area (Å²) in [5.74, 6) is 1.20. The van der Waals surface area contributed by atoms with Crippen molar-refractivity contribution < 1.29 is 4.52 Å². The molecule has 0 radical (unpaired) electrons. The second-order valence-corrected chi connectivity index (χ2v) is 5.39. The Balaban J connectivity index is 2.23. The molecule has 0 aliphatic heterocycles. The van der Waals surface area contributed by atoms with Crippen LogP contribution in [0.1, 0.15) is 48.7 Å². The average molecular weight is 259 g/mol. The summed E-state index contributed by atoms with van der Waals surface area (Å²) in [6.45, 7) is 8.10. The molecule has 4 heteroatoms. The average Bonchev–Trinajstić information content (AvgIpc) is 2.83. The fourth-order valence-electron chi connectivity index (χ4n) is 1.87. The van der Waals surface area contributed by atoms with Gasteiger partial charge in [-0.05, 0) is 38.3 Å². The Bertz CT molecular complexity index is 573. The van der Waals surface area contributed by atoms with Gasteiger partial charge >= 0.3 is 0 Å². The number of benzene rings is 1. The zero-order valence-electron chi connectivity index (χ0n) is 12.0. The molecule has 1 aromatic heterocycles. The van der Waals surface area contributed by atoms with E-state index < -0.39 is 5.54 Å². The van der Waals surface area contributed by atoms with Crippen molar-refractivity contribution in [2.24, 2.45) is 5.73 Å². The molecule has 0 saturated carbocycles. The van der Waals surface area contributed by atoms with Crippen LogP contribution >= 0.6 is 0 Å². The van der Waals surface area contributed by atoms with Gasteiger partial charge in [-0.15, -0.1) is 0 Å². The Labute approximate surface area is 114 Å². The maximum Gasteiger partial charge on any atom is 0.231 e. The van der Waals surface area contributed by atoms with Gasteiger partial charge in [0.25, 0.3) is 0 Å². The van der Waals surface area contributed by atoms with Crippen molar-refractivity contribution in [3.63, 3.8) is 0 Å². The van der Waals surface area contributed by atoms with E-state index in [1.54, 1.807) is 0 Å². The fourth-order valence-corrected chi connectivity index (χ4v) is 1.87. The fraction of sp³-hybridized carbons (Fsp3) is 0.467. The molecule has 19 heavy (non-hydrogen) atoms. The molecule has 2 rings (SSSR count). The van der Waals surface area contributed by atoms with Gasteiger partial charge in [-0.1, -0.05) is 35.8 Å². The van der Waals surface area contributed by atoms with Gasteiger partial charge in [-0.3, -0.25) is 0 Å². The predicted molar refractivity (Wildman–Crippen MR) is 74.9 cm³/mol. The highest BCUT2D eigenvalue weighted by Gasteiger charge is 2.25. The van der Waals surface area contributed by atoms with Crippen LogP contribution in [-0.2, 0) is 12.0 Å². The lowest BCUT2D eigenvalue weighted by Crippen LogP contribution is -2.33. The molecule has 1 atom stereocenters. The second-order valence-electron chi connectivity index (χ2n) is 5.39. The summed E-state index contributed by atoms with van der Waals surface area (Å²) in [5, 5.41) is 4.00. The molecule has 0 aliphatic carbocycles. The van der Waals surface area contributed by atoms with Gasteiger partial charge < -0.3 is 10.3 Å². The predicted octanol–water partition coefficient (Wildman–Crippen LogP) is 2.86. The molecule has 1 heterocycles. The van der Waals surface area contributed by atoms with Crippen molar-refractivity contribution in [2.75, 3.05) is 0 Å². The maximum absolute atomic E-state index is 6.11. The van der Waals surface area contributed by atoms with Crippen LogP contribution < -0.4 is 5.73 Å². The van der Waals surface area contributed by atoms with Crippen molar-refractivity contribution in [1.82, 2.24) is 10.1 Å². The van der Waals surface area contributed by atoms with Gasteiger partial charge in [-0.25, -0.2) is 0 Å². The Kier molecular flexibility index (Phi) is 3.71. The van der Waals surface area contributed by atoms with E-state index in [1.165, 1.54) is 16.7 Å². The highest BCUT2D eigenvalue weighted by atomic mass is 16.5. The lowest BCUT2D eigenvalue weighted by molar-refractivity contribution is 0.355. The van der Waals surface area contributed by atoms with Gasteiger partial charge in [0, 0.05) is 0 Å². The highest BCUT2D eigenvalue weighted by Crippen LogP contribution is 2.20. The molecule has 1 aromatic carbocycles. The topological polar surface area (TPSA) is 64.9 Å². The van der Waals surface area contributed by atoms with Crippen LogP contribution in [0, 0.1) is 13.8 Å². The molecule has 2 aromatic rings. The van der Waals surface area contributed by atoms with E-state index >= 15 is 0 Å². The zero-order chi connectivity index (χ0) is 14.0. The molecule has 0 saturated heterocycles. The van der Waals surface area contributed by atoms with E-state index in [1.807, 2.05) is 13.8 Å². The number of hydrogen-bond acceptors (Lipinski definition) is 4. The SMILES string of the molecule is CCC(C)(N)c1noc(Cc2cc(C)ccc2C)n1. The highest BCUT2D eigenvalue weighted by molar-refractivity contribution is 5.32. The van der Waals surface area contributed by atoms with Gasteiger partial charge in [0.2, 0.25) is 5.89 Å². The standard InChI is InChI=1S/C15H21N3O/c1-5-15(4,16)14-17-13(19-18-14)9-12-8-10(2)6-7-11(12)3/h6-8H,5,9,16H2,1-4H3. The third-order valence-corrected chi connectivity index (χ3v) is 3.56. The minimum Gasteiger partial charge on any atom is -0.339 e. The van der Waals surface area contributed by atoms with Crippen molar-refractivity contribution >= 4 is 0 Å². The van der Waals surface area contributed by atoms with Gasteiger partial charge in [-0.2, -0.15) is 4.98 Å². The van der Waals surface area contributed by atoms with Crippen molar-refractivity contribution in [1.29, 1.82) is 0 Å². The number of nitrogens with two attached hydrogens (primary N) is 1. The van der Waals surface area contributed by atoms with Crippen LogP contribution in [0.25, 0.3) is 0 Å². The first-order valence-corrected chi connectivity index (χ1v) is 6.60. The molecular weight excluding hydrogens is 238 g/mol. The van der Waals surface area contributed by atoms with Gasteiger partial charge in [0.15, 0.2) is 5.82 Å². The Morgan fingerprint density at radius 3 is 2.74 bits per heavy atom. The van der Waals surface area contributed by atoms with Gasteiger partial charge in [0.05, 0.1) is 12.0 Å². The second kappa shape index (κ2) is 5.13. The Hall–Kier alpha value is -1.68. The molecule has 0 fully saturated rings. The summed E-state index contributed by atoms with van der Waals surface area (Å²) >= 11 is 0. The number of aryl methyl sites for hydroxylation is 2. The molecule has 1 unspecified atom stereocenters. The summed E-state index contributed by atoms with van der Waals surface area (Å²) in [4.78, 5) is 4.42. The first-order chi connectivity index (χ1) is 8.92. The smallest absolute Gasteiger partial charge is 0.231 e. The summed E-state index contributed by atoms with van der Waals surface area (Å²) < 4.78 is 5.31. The van der Waals surface area contributed by atoms with Crippen molar-refractivity contribution in [2.45, 2.75) is 46.1 Å². The van der Waals surface area contributed by atoms with Crippen LogP contribution in [0.3, 0.4) is 0 Å². The summed E-state index contributed by atoms with van der Waals surface area (Å²) in [6.07, 6.45) is 1.43. The molecule has 0 amide bonds. The molecule has 2 N–H and O–H groups in total. The van der Waals surface area contributed by atoms with Crippen molar-refractivity contribution in [3.05, 3.63) is 46.6 Å². The molecule has 4 nitrogen and oxygen atoms in total. The molecule has 0 bridgehead atoms. The Morgan fingerprint density at radius 1 is 1.32 bits per heavy atom. The van der Waals surface area contributed by atoms with Crippen LogP contribution in [0.4, 0.5) is 0 Å². The minimum absolute atomic E-state index is 0.524. The van der Waals surface area contributed by atoms with E-state index in [9.17, 15) is 0 Å². The number of rotatable bonds is 4. The quantitative estimate of drug-likeness (QED) is 0.917. The third kappa shape index (κ3) is 3.01. The molecule has 0 aliphatic rings. The minimum atomic E-state index is -0.524. The Morgan fingerprint density at radius 2 is 2.05 bits per heavy atom. The summed E-state index contributed by atoms with van der Waals surface area (Å²) in [6, 6.07) is 6.37. The number of hydrogen-bond donors (Lipinski definition) is 1.